The molecule has 0 unspecified atom stereocenters. The maximum absolute atomic E-state index is 6.01. The normalized spacial score (nSPS) is 27.1. The van der Waals surface area contributed by atoms with E-state index in [0.717, 1.165) is 13.1 Å². The molecule has 0 bridgehead atoms. The van der Waals surface area contributed by atoms with Gasteiger partial charge in [0.05, 0.1) is 12.2 Å². The summed E-state index contributed by atoms with van der Waals surface area (Å²) in [6.07, 6.45) is 0.568. The highest BCUT2D eigenvalue weighted by atomic mass is 16.5. The molecule has 3 atom stereocenters. The number of nitrogens with two attached hydrogens (primary N) is 1. The summed E-state index contributed by atoms with van der Waals surface area (Å²) in [5.41, 5.74) is 8.68. The van der Waals surface area contributed by atoms with Crippen molar-refractivity contribution < 1.29 is 4.74 Å². The molecule has 0 spiro atoms. The highest BCUT2D eigenvalue weighted by Crippen LogP contribution is 2.26. The number of rotatable bonds is 3. The Hall–Kier alpha value is -0.900. The first-order chi connectivity index (χ1) is 8.61. The summed E-state index contributed by atoms with van der Waals surface area (Å²) in [5.74, 6) is 0. The number of ether oxygens (including phenoxy) is 1. The van der Waals surface area contributed by atoms with Crippen molar-refractivity contribution in [3.63, 3.8) is 0 Å². The SMILES string of the molecule is Cc1ccccc1[C@H](CN)N1C[C@@H](C)O[C@H](C)C1. The molecule has 1 aromatic carbocycles. The van der Waals surface area contributed by atoms with Crippen LogP contribution in [0.15, 0.2) is 24.3 Å². The van der Waals surface area contributed by atoms with Crippen LogP contribution in [0.4, 0.5) is 0 Å². The topological polar surface area (TPSA) is 38.5 Å². The number of hydrogen-bond donors (Lipinski definition) is 1. The first-order valence-corrected chi connectivity index (χ1v) is 6.77. The number of benzene rings is 1. The first kappa shape index (κ1) is 13.5. The zero-order valence-corrected chi connectivity index (χ0v) is 11.6. The van der Waals surface area contributed by atoms with Gasteiger partial charge in [-0.05, 0) is 31.9 Å². The third-order valence-corrected chi connectivity index (χ3v) is 3.66. The molecule has 1 aliphatic heterocycles. The Kier molecular flexibility index (Phi) is 4.38. The van der Waals surface area contributed by atoms with Crippen molar-refractivity contribution in [3.05, 3.63) is 35.4 Å². The van der Waals surface area contributed by atoms with E-state index in [1.54, 1.807) is 0 Å². The molecule has 1 fully saturated rings. The van der Waals surface area contributed by atoms with Gasteiger partial charge in [-0.3, -0.25) is 4.90 Å². The fourth-order valence-corrected chi connectivity index (χ4v) is 2.91. The van der Waals surface area contributed by atoms with E-state index in [0.29, 0.717) is 12.6 Å². The number of nitrogens with zero attached hydrogens (tertiary/aromatic N) is 1. The Labute approximate surface area is 110 Å². The van der Waals surface area contributed by atoms with E-state index in [-0.39, 0.29) is 12.2 Å². The van der Waals surface area contributed by atoms with Gasteiger partial charge in [0.1, 0.15) is 0 Å². The van der Waals surface area contributed by atoms with Crippen LogP contribution in [0.3, 0.4) is 0 Å². The molecular weight excluding hydrogens is 224 g/mol. The molecule has 0 saturated carbocycles. The molecule has 100 valence electrons. The lowest BCUT2D eigenvalue weighted by Crippen LogP contribution is -2.48. The Morgan fingerprint density at radius 2 is 1.89 bits per heavy atom. The van der Waals surface area contributed by atoms with Crippen LogP contribution in [0, 0.1) is 6.92 Å². The summed E-state index contributed by atoms with van der Waals surface area (Å²) in [6, 6.07) is 8.83. The number of hydrogen-bond acceptors (Lipinski definition) is 3. The second kappa shape index (κ2) is 5.83. The van der Waals surface area contributed by atoms with Crippen LogP contribution < -0.4 is 5.73 Å². The number of morpholine rings is 1. The van der Waals surface area contributed by atoms with E-state index in [1.807, 2.05) is 0 Å². The van der Waals surface area contributed by atoms with Gasteiger partial charge in [0, 0.05) is 25.7 Å². The van der Waals surface area contributed by atoms with Gasteiger partial charge in [0.15, 0.2) is 0 Å². The van der Waals surface area contributed by atoms with Crippen LogP contribution in [0.25, 0.3) is 0 Å². The summed E-state index contributed by atoms with van der Waals surface area (Å²) in [4.78, 5) is 2.46. The van der Waals surface area contributed by atoms with Gasteiger partial charge < -0.3 is 10.5 Å². The fraction of sp³-hybridized carbons (Fsp3) is 0.600. The lowest BCUT2D eigenvalue weighted by molar-refractivity contribution is -0.0799. The Morgan fingerprint density at radius 3 is 2.44 bits per heavy atom. The van der Waals surface area contributed by atoms with Gasteiger partial charge in [-0.25, -0.2) is 0 Å². The lowest BCUT2D eigenvalue weighted by Gasteiger charge is -2.40. The average molecular weight is 248 g/mol. The Bertz CT molecular complexity index is 384. The number of aryl methyl sites for hydroxylation is 1. The van der Waals surface area contributed by atoms with E-state index < -0.39 is 0 Å². The van der Waals surface area contributed by atoms with E-state index >= 15 is 0 Å². The van der Waals surface area contributed by atoms with E-state index in [2.05, 4.69) is 49.9 Å². The molecule has 0 aliphatic carbocycles. The average Bonchev–Trinajstić information content (AvgIpc) is 2.31. The minimum atomic E-state index is 0.284. The maximum Gasteiger partial charge on any atom is 0.0678 e. The molecule has 1 aliphatic rings. The second-order valence-electron chi connectivity index (χ2n) is 5.32. The molecular formula is C15H24N2O. The Balaban J connectivity index is 2.20. The Morgan fingerprint density at radius 1 is 1.28 bits per heavy atom. The zero-order chi connectivity index (χ0) is 13.1. The van der Waals surface area contributed by atoms with Gasteiger partial charge >= 0.3 is 0 Å². The van der Waals surface area contributed by atoms with Crippen molar-refractivity contribution in [3.8, 4) is 0 Å². The third kappa shape index (κ3) is 2.91. The maximum atomic E-state index is 6.01. The zero-order valence-electron chi connectivity index (χ0n) is 11.6. The molecule has 0 aromatic heterocycles. The summed E-state index contributed by atoms with van der Waals surface area (Å²) in [6.45, 7) is 9.00. The minimum Gasteiger partial charge on any atom is -0.373 e. The minimum absolute atomic E-state index is 0.284. The molecule has 3 heteroatoms. The molecule has 1 aromatic rings. The van der Waals surface area contributed by atoms with Gasteiger partial charge in [0.2, 0.25) is 0 Å². The van der Waals surface area contributed by atoms with Crippen molar-refractivity contribution in [1.82, 2.24) is 4.90 Å². The second-order valence-corrected chi connectivity index (χ2v) is 5.32. The van der Waals surface area contributed by atoms with Crippen molar-refractivity contribution in [2.75, 3.05) is 19.6 Å². The molecule has 0 radical (unpaired) electrons. The molecule has 1 heterocycles. The predicted molar refractivity (Wildman–Crippen MR) is 74.6 cm³/mol. The van der Waals surface area contributed by atoms with E-state index in [1.165, 1.54) is 11.1 Å². The van der Waals surface area contributed by atoms with Crippen LogP contribution in [-0.4, -0.2) is 36.7 Å². The highest BCUT2D eigenvalue weighted by molar-refractivity contribution is 5.29. The third-order valence-electron chi connectivity index (χ3n) is 3.66. The largest absolute Gasteiger partial charge is 0.373 e. The smallest absolute Gasteiger partial charge is 0.0678 e. The molecule has 1 saturated heterocycles. The standard InChI is InChI=1S/C15H24N2O/c1-11-6-4-5-7-14(11)15(8-16)17-9-12(2)18-13(3)10-17/h4-7,12-13,15H,8-10,16H2,1-3H3/t12-,13-,15+/m1/s1. The summed E-state index contributed by atoms with van der Waals surface area (Å²) in [5, 5.41) is 0. The highest BCUT2D eigenvalue weighted by Gasteiger charge is 2.28. The molecule has 2 N–H and O–H groups in total. The first-order valence-electron chi connectivity index (χ1n) is 6.77. The van der Waals surface area contributed by atoms with Crippen molar-refractivity contribution >= 4 is 0 Å². The van der Waals surface area contributed by atoms with Gasteiger partial charge in [0.25, 0.3) is 0 Å². The van der Waals surface area contributed by atoms with Crippen LogP contribution in [0.2, 0.25) is 0 Å². The van der Waals surface area contributed by atoms with Gasteiger partial charge in [-0.15, -0.1) is 0 Å². The van der Waals surface area contributed by atoms with Gasteiger partial charge in [-0.2, -0.15) is 0 Å². The van der Waals surface area contributed by atoms with Crippen LogP contribution in [0.5, 0.6) is 0 Å². The predicted octanol–water partition coefficient (Wildman–Crippen LogP) is 2.10. The van der Waals surface area contributed by atoms with Crippen LogP contribution in [-0.2, 0) is 4.74 Å². The molecule has 3 nitrogen and oxygen atoms in total. The quantitative estimate of drug-likeness (QED) is 0.890. The van der Waals surface area contributed by atoms with Crippen molar-refractivity contribution in [2.24, 2.45) is 5.73 Å². The van der Waals surface area contributed by atoms with E-state index in [9.17, 15) is 0 Å². The fourth-order valence-electron chi connectivity index (χ4n) is 2.91. The van der Waals surface area contributed by atoms with Crippen molar-refractivity contribution in [2.45, 2.75) is 39.0 Å². The van der Waals surface area contributed by atoms with Crippen molar-refractivity contribution in [1.29, 1.82) is 0 Å². The van der Waals surface area contributed by atoms with Gasteiger partial charge in [-0.1, -0.05) is 24.3 Å². The van der Waals surface area contributed by atoms with E-state index in [4.69, 9.17) is 10.5 Å². The molecule has 2 rings (SSSR count). The lowest BCUT2D eigenvalue weighted by atomic mass is 9.99. The summed E-state index contributed by atoms with van der Waals surface area (Å²) < 4.78 is 5.79. The summed E-state index contributed by atoms with van der Waals surface area (Å²) >= 11 is 0. The summed E-state index contributed by atoms with van der Waals surface area (Å²) in [7, 11) is 0. The molecule has 18 heavy (non-hydrogen) atoms. The van der Waals surface area contributed by atoms with Crippen LogP contribution >= 0.6 is 0 Å². The molecule has 0 amide bonds. The monoisotopic (exact) mass is 248 g/mol. The van der Waals surface area contributed by atoms with Crippen LogP contribution in [0.1, 0.15) is 31.0 Å².